The first kappa shape index (κ1) is 24.9. The van der Waals surface area contributed by atoms with E-state index in [-0.39, 0.29) is 5.91 Å². The van der Waals surface area contributed by atoms with E-state index in [9.17, 15) is 4.79 Å². The predicted octanol–water partition coefficient (Wildman–Crippen LogP) is 5.15. The molecule has 196 valence electrons. The number of anilines is 4. The summed E-state index contributed by atoms with van der Waals surface area (Å²) in [5.41, 5.74) is 3.98. The van der Waals surface area contributed by atoms with Crippen LogP contribution in [0.1, 0.15) is 40.2 Å². The number of fused-ring (bicyclic) bond motifs is 3. The molecule has 0 aliphatic carbocycles. The molecule has 1 amide bonds. The maximum atomic E-state index is 13.6. The molecule has 0 radical (unpaired) electrons. The number of hydrogen-bond acceptors (Lipinski definition) is 8. The Bertz CT molecular complexity index is 1440. The van der Waals surface area contributed by atoms with E-state index in [0.29, 0.717) is 58.0 Å². The lowest BCUT2D eigenvalue weighted by molar-refractivity contribution is 0.1000. The molecule has 0 atom stereocenters. The third-order valence-corrected chi connectivity index (χ3v) is 7.82. The standard InChI is InChI=1S/C27H27Cl2N7O2/c1-15-12-17(13-21(38-2)22(15)16-6-8-30-9-7-16)33-26-32-14-18-24(34-26)35-11-10-31-27(35)36(25(18)37)23-19(28)4-3-5-20(23)29/h3-5,12-14,16,30H,6-11H2,1-2H3,(H,32,33,34). The second kappa shape index (κ2) is 10.1. The quantitative estimate of drug-likeness (QED) is 0.452. The first-order chi connectivity index (χ1) is 18.5. The molecule has 1 saturated heterocycles. The second-order valence-corrected chi connectivity index (χ2v) is 10.3. The molecule has 1 fully saturated rings. The van der Waals surface area contributed by atoms with E-state index in [4.69, 9.17) is 32.9 Å². The van der Waals surface area contributed by atoms with Gasteiger partial charge < -0.3 is 15.4 Å². The van der Waals surface area contributed by atoms with Gasteiger partial charge in [-0.2, -0.15) is 4.98 Å². The minimum absolute atomic E-state index is 0.331. The van der Waals surface area contributed by atoms with Crippen molar-refractivity contribution in [3.63, 3.8) is 0 Å². The number of aliphatic imine (C=N–C) groups is 1. The Morgan fingerprint density at radius 3 is 2.66 bits per heavy atom. The Morgan fingerprint density at radius 2 is 1.92 bits per heavy atom. The Hall–Kier alpha value is -3.40. The highest BCUT2D eigenvalue weighted by atomic mass is 35.5. The number of halogens is 2. The molecule has 0 saturated carbocycles. The minimum atomic E-state index is -0.331. The van der Waals surface area contributed by atoms with Crippen molar-refractivity contribution in [2.75, 3.05) is 48.4 Å². The first-order valence-electron chi connectivity index (χ1n) is 12.6. The molecule has 4 heterocycles. The Labute approximate surface area is 230 Å². The number of para-hydroxylation sites is 1. The van der Waals surface area contributed by atoms with Crippen LogP contribution in [0, 0.1) is 6.92 Å². The van der Waals surface area contributed by atoms with Gasteiger partial charge in [0.1, 0.15) is 11.3 Å². The normalized spacial score (nSPS) is 17.3. The van der Waals surface area contributed by atoms with Crippen molar-refractivity contribution >= 4 is 58.2 Å². The molecule has 2 N–H and O–H groups in total. The summed E-state index contributed by atoms with van der Waals surface area (Å²) in [7, 11) is 1.70. The summed E-state index contributed by atoms with van der Waals surface area (Å²) in [5.74, 6) is 2.32. The van der Waals surface area contributed by atoms with Crippen LogP contribution in [-0.4, -0.2) is 55.1 Å². The second-order valence-electron chi connectivity index (χ2n) is 9.53. The lowest BCUT2D eigenvalue weighted by Crippen LogP contribution is -2.51. The molecule has 1 aromatic heterocycles. The van der Waals surface area contributed by atoms with Crippen molar-refractivity contribution < 1.29 is 9.53 Å². The minimum Gasteiger partial charge on any atom is -0.496 e. The molecule has 2 aromatic carbocycles. The van der Waals surface area contributed by atoms with Gasteiger partial charge in [0.25, 0.3) is 5.91 Å². The topological polar surface area (TPSA) is 95.0 Å². The van der Waals surface area contributed by atoms with Gasteiger partial charge in [0, 0.05) is 30.1 Å². The summed E-state index contributed by atoms with van der Waals surface area (Å²) in [6, 6.07) is 9.21. The van der Waals surface area contributed by atoms with Gasteiger partial charge >= 0.3 is 0 Å². The fourth-order valence-corrected chi connectivity index (χ4v) is 6.07. The molecule has 6 rings (SSSR count). The molecule has 9 nitrogen and oxygen atoms in total. The number of aryl methyl sites for hydroxylation is 1. The van der Waals surface area contributed by atoms with Crippen LogP contribution < -0.4 is 25.2 Å². The molecule has 0 bridgehead atoms. The lowest BCUT2D eigenvalue weighted by Gasteiger charge is -2.35. The van der Waals surface area contributed by atoms with Gasteiger partial charge in [0.2, 0.25) is 11.9 Å². The van der Waals surface area contributed by atoms with Crippen molar-refractivity contribution in [2.45, 2.75) is 25.7 Å². The molecule has 3 aliphatic rings. The number of nitrogens with one attached hydrogen (secondary N) is 2. The van der Waals surface area contributed by atoms with Crippen LogP contribution >= 0.6 is 23.2 Å². The van der Waals surface area contributed by atoms with E-state index in [0.717, 1.165) is 42.9 Å². The van der Waals surface area contributed by atoms with Crippen LogP contribution in [0.3, 0.4) is 0 Å². The van der Waals surface area contributed by atoms with E-state index in [1.165, 1.54) is 16.7 Å². The number of guanidine groups is 1. The van der Waals surface area contributed by atoms with E-state index < -0.39 is 0 Å². The Kier molecular flexibility index (Phi) is 6.59. The first-order valence-corrected chi connectivity index (χ1v) is 13.4. The zero-order valence-corrected chi connectivity index (χ0v) is 22.6. The Balaban J connectivity index is 1.33. The number of rotatable bonds is 5. The molecular formula is C27H27Cl2N7O2. The van der Waals surface area contributed by atoms with Crippen molar-refractivity contribution in [2.24, 2.45) is 4.99 Å². The number of aromatic nitrogens is 2. The maximum Gasteiger partial charge on any atom is 0.270 e. The van der Waals surface area contributed by atoms with Crippen molar-refractivity contribution in [1.82, 2.24) is 15.3 Å². The monoisotopic (exact) mass is 551 g/mol. The van der Waals surface area contributed by atoms with Crippen LogP contribution in [0.15, 0.2) is 41.5 Å². The summed E-state index contributed by atoms with van der Waals surface area (Å²) in [5, 5.41) is 7.45. The zero-order chi connectivity index (χ0) is 26.4. The van der Waals surface area contributed by atoms with Gasteiger partial charge in [-0.1, -0.05) is 29.3 Å². The molecule has 3 aromatic rings. The molecule has 38 heavy (non-hydrogen) atoms. The van der Waals surface area contributed by atoms with E-state index in [1.807, 2.05) is 11.0 Å². The number of carbonyl (C=O) groups excluding carboxylic acids is 1. The largest absolute Gasteiger partial charge is 0.496 e. The average Bonchev–Trinajstić information content (AvgIpc) is 3.40. The van der Waals surface area contributed by atoms with Crippen LogP contribution in [-0.2, 0) is 0 Å². The summed E-state index contributed by atoms with van der Waals surface area (Å²) in [6.07, 6.45) is 3.71. The molecule has 3 aliphatic heterocycles. The van der Waals surface area contributed by atoms with E-state index in [2.05, 4.69) is 33.6 Å². The molecule has 0 spiro atoms. The zero-order valence-electron chi connectivity index (χ0n) is 21.1. The smallest absolute Gasteiger partial charge is 0.270 e. The molecule has 11 heteroatoms. The fraction of sp³-hybridized carbons (Fsp3) is 0.333. The summed E-state index contributed by atoms with van der Waals surface area (Å²) >= 11 is 12.9. The third-order valence-electron chi connectivity index (χ3n) is 7.21. The van der Waals surface area contributed by atoms with Crippen LogP contribution in [0.4, 0.5) is 23.1 Å². The summed E-state index contributed by atoms with van der Waals surface area (Å²) in [4.78, 5) is 30.8. The maximum absolute atomic E-state index is 13.6. The highest BCUT2D eigenvalue weighted by molar-refractivity contribution is 6.43. The number of methoxy groups -OCH3 is 1. The number of carbonyl (C=O) groups is 1. The number of benzene rings is 2. The number of ether oxygens (including phenoxy) is 1. The van der Waals surface area contributed by atoms with E-state index >= 15 is 0 Å². The molecule has 0 unspecified atom stereocenters. The number of amides is 1. The number of hydrogen-bond donors (Lipinski definition) is 2. The number of nitrogens with zero attached hydrogens (tertiary/aromatic N) is 5. The van der Waals surface area contributed by atoms with Gasteiger partial charge in [-0.25, -0.2) is 9.88 Å². The molecular weight excluding hydrogens is 525 g/mol. The van der Waals surface area contributed by atoms with Gasteiger partial charge in [0.05, 0.1) is 29.4 Å². The highest BCUT2D eigenvalue weighted by Crippen LogP contribution is 2.41. The summed E-state index contributed by atoms with van der Waals surface area (Å²) in [6.45, 7) is 5.22. The van der Waals surface area contributed by atoms with Crippen LogP contribution in [0.25, 0.3) is 0 Å². The van der Waals surface area contributed by atoms with Gasteiger partial charge in [-0.15, -0.1) is 0 Å². The van der Waals surface area contributed by atoms with Crippen molar-refractivity contribution in [3.05, 3.63) is 63.3 Å². The van der Waals surface area contributed by atoms with Gasteiger partial charge in [0.15, 0.2) is 5.82 Å². The van der Waals surface area contributed by atoms with Gasteiger partial charge in [-0.3, -0.25) is 14.7 Å². The predicted molar refractivity (Wildman–Crippen MR) is 151 cm³/mol. The van der Waals surface area contributed by atoms with Crippen molar-refractivity contribution in [3.8, 4) is 5.75 Å². The van der Waals surface area contributed by atoms with Crippen molar-refractivity contribution in [1.29, 1.82) is 0 Å². The van der Waals surface area contributed by atoms with E-state index in [1.54, 1.807) is 25.3 Å². The van der Waals surface area contributed by atoms with Crippen LogP contribution in [0.2, 0.25) is 10.0 Å². The lowest BCUT2D eigenvalue weighted by atomic mass is 9.86. The number of piperidine rings is 1. The Morgan fingerprint density at radius 1 is 1.16 bits per heavy atom. The average molecular weight is 552 g/mol. The van der Waals surface area contributed by atoms with Gasteiger partial charge in [-0.05, 0) is 62.5 Å². The van der Waals surface area contributed by atoms with Crippen LogP contribution in [0.5, 0.6) is 5.75 Å². The highest BCUT2D eigenvalue weighted by Gasteiger charge is 2.41. The summed E-state index contributed by atoms with van der Waals surface area (Å²) < 4.78 is 5.80. The SMILES string of the molecule is COc1cc(Nc2ncc3c(n2)N2CCN=C2N(c2c(Cl)cccc2Cl)C3=O)cc(C)c1C1CCNCC1. The fourth-order valence-electron chi connectivity index (χ4n) is 5.50. The third kappa shape index (κ3) is 4.24.